The fourth-order valence-electron chi connectivity index (χ4n) is 1.82. The lowest BCUT2D eigenvalue weighted by molar-refractivity contribution is -0.114. The van der Waals surface area contributed by atoms with E-state index in [-0.39, 0.29) is 49.3 Å². The summed E-state index contributed by atoms with van der Waals surface area (Å²) < 4.78 is 22.8. The molecule has 12 nitrogen and oxygen atoms in total. The van der Waals surface area contributed by atoms with E-state index in [0.29, 0.717) is 5.69 Å². The Bertz CT molecular complexity index is 761. The predicted molar refractivity (Wildman–Crippen MR) is 90.9 cm³/mol. The van der Waals surface area contributed by atoms with Crippen molar-refractivity contribution in [3.05, 3.63) is 18.2 Å². The molecule has 2 rings (SSSR count). The molecule has 26 heavy (non-hydrogen) atoms. The second kappa shape index (κ2) is 9.34. The SMILES string of the molecule is CCOP(=O)(Cc1nnc(-c2ncc(NC(=O)CN)cn2)nn1)OCC. The van der Waals surface area contributed by atoms with E-state index in [1.165, 1.54) is 12.4 Å². The summed E-state index contributed by atoms with van der Waals surface area (Å²) in [6.07, 6.45) is 2.62. The normalized spacial score (nSPS) is 11.3. The Hall–Kier alpha value is -2.40. The van der Waals surface area contributed by atoms with Gasteiger partial charge < -0.3 is 20.1 Å². The lowest BCUT2D eigenvalue weighted by atomic mass is 10.4. The van der Waals surface area contributed by atoms with Crippen molar-refractivity contribution in [3.8, 4) is 11.6 Å². The smallest absolute Gasteiger partial charge is 0.322 e. The Morgan fingerprint density at radius 3 is 2.15 bits per heavy atom. The average Bonchev–Trinajstić information content (AvgIpc) is 2.63. The van der Waals surface area contributed by atoms with Crippen molar-refractivity contribution in [3.63, 3.8) is 0 Å². The first-order valence-electron chi connectivity index (χ1n) is 7.76. The van der Waals surface area contributed by atoms with Crippen LogP contribution in [0.1, 0.15) is 19.7 Å². The van der Waals surface area contributed by atoms with Gasteiger partial charge in [-0.05, 0) is 13.8 Å². The van der Waals surface area contributed by atoms with Crippen molar-refractivity contribution in [2.75, 3.05) is 25.1 Å². The maximum absolute atomic E-state index is 12.4. The standard InChI is InChI=1S/C13H19N8O4P/c1-3-24-26(23,25-4-2)8-10-18-20-13(21-19-10)12-15-6-9(7-16-12)17-11(22)5-14/h6-7H,3-5,8,14H2,1-2H3,(H,17,22). The molecule has 0 atom stereocenters. The van der Waals surface area contributed by atoms with Crippen molar-refractivity contribution >= 4 is 19.2 Å². The lowest BCUT2D eigenvalue weighted by Gasteiger charge is -2.15. The predicted octanol–water partition coefficient (Wildman–Crippen LogP) is 0.387. The summed E-state index contributed by atoms with van der Waals surface area (Å²) >= 11 is 0. The minimum atomic E-state index is -3.34. The molecule has 0 aliphatic rings. The van der Waals surface area contributed by atoms with Gasteiger partial charge in [0.25, 0.3) is 0 Å². The van der Waals surface area contributed by atoms with Crippen LogP contribution in [-0.4, -0.2) is 56.0 Å². The van der Waals surface area contributed by atoms with Crippen molar-refractivity contribution in [1.82, 2.24) is 30.4 Å². The van der Waals surface area contributed by atoms with E-state index in [1.807, 2.05) is 0 Å². The molecule has 1 amide bonds. The third-order valence-electron chi connectivity index (χ3n) is 2.83. The Morgan fingerprint density at radius 2 is 1.65 bits per heavy atom. The second-order valence-corrected chi connectivity index (χ2v) is 6.85. The Morgan fingerprint density at radius 1 is 1.08 bits per heavy atom. The molecule has 0 spiro atoms. The number of carbonyl (C=O) groups is 1. The highest BCUT2D eigenvalue weighted by molar-refractivity contribution is 7.53. The van der Waals surface area contributed by atoms with Crippen LogP contribution in [0.5, 0.6) is 0 Å². The van der Waals surface area contributed by atoms with E-state index in [0.717, 1.165) is 0 Å². The topological polar surface area (TPSA) is 168 Å². The highest BCUT2D eigenvalue weighted by atomic mass is 31.2. The number of carbonyl (C=O) groups excluding carboxylic acids is 1. The van der Waals surface area contributed by atoms with Gasteiger partial charge in [0.15, 0.2) is 5.82 Å². The number of nitrogens with one attached hydrogen (secondary N) is 1. The van der Waals surface area contributed by atoms with Gasteiger partial charge in [0, 0.05) is 0 Å². The highest BCUT2D eigenvalue weighted by Gasteiger charge is 2.26. The molecule has 2 aromatic rings. The van der Waals surface area contributed by atoms with Crippen LogP contribution in [0.2, 0.25) is 0 Å². The summed E-state index contributed by atoms with van der Waals surface area (Å²) in [4.78, 5) is 19.2. The van der Waals surface area contributed by atoms with Gasteiger partial charge in [0.2, 0.25) is 17.6 Å². The van der Waals surface area contributed by atoms with Gasteiger partial charge in [-0.25, -0.2) is 9.97 Å². The van der Waals surface area contributed by atoms with Gasteiger partial charge in [-0.2, -0.15) is 0 Å². The van der Waals surface area contributed by atoms with Crippen LogP contribution < -0.4 is 11.1 Å². The zero-order chi connectivity index (χ0) is 19.0. The lowest BCUT2D eigenvalue weighted by Crippen LogP contribution is -2.22. The Labute approximate surface area is 149 Å². The molecular weight excluding hydrogens is 363 g/mol. The van der Waals surface area contributed by atoms with Crippen LogP contribution in [0.25, 0.3) is 11.6 Å². The molecule has 0 radical (unpaired) electrons. The molecular formula is C13H19N8O4P. The molecule has 0 aromatic carbocycles. The number of anilines is 1. The number of nitrogens with zero attached hydrogens (tertiary/aromatic N) is 6. The van der Waals surface area contributed by atoms with Crippen LogP contribution >= 0.6 is 7.60 Å². The first kappa shape index (κ1) is 19.9. The monoisotopic (exact) mass is 382 g/mol. The summed E-state index contributed by atoms with van der Waals surface area (Å²) in [5.41, 5.74) is 5.59. The van der Waals surface area contributed by atoms with Crippen molar-refractivity contribution in [1.29, 1.82) is 0 Å². The van der Waals surface area contributed by atoms with Gasteiger partial charge in [-0.15, -0.1) is 20.4 Å². The largest absolute Gasteiger partial charge is 0.338 e. The number of hydrogen-bond donors (Lipinski definition) is 2. The fourth-order valence-corrected chi connectivity index (χ4v) is 3.33. The molecule has 0 saturated carbocycles. The molecule has 0 saturated heterocycles. The van der Waals surface area contributed by atoms with Gasteiger partial charge in [-0.1, -0.05) is 0 Å². The molecule has 0 bridgehead atoms. The van der Waals surface area contributed by atoms with Crippen molar-refractivity contribution in [2.24, 2.45) is 5.73 Å². The van der Waals surface area contributed by atoms with E-state index >= 15 is 0 Å². The van der Waals surface area contributed by atoms with Gasteiger partial charge in [0.05, 0.1) is 37.8 Å². The van der Waals surface area contributed by atoms with E-state index in [1.54, 1.807) is 13.8 Å². The minimum Gasteiger partial charge on any atom is -0.322 e. The molecule has 2 aromatic heterocycles. The van der Waals surface area contributed by atoms with Crippen LogP contribution in [0.4, 0.5) is 5.69 Å². The van der Waals surface area contributed by atoms with Gasteiger partial charge >= 0.3 is 7.60 Å². The van der Waals surface area contributed by atoms with Crippen LogP contribution in [-0.2, 0) is 24.6 Å². The van der Waals surface area contributed by atoms with Crippen LogP contribution in [0, 0.1) is 0 Å². The number of hydrogen-bond acceptors (Lipinski definition) is 11. The van der Waals surface area contributed by atoms with Crippen molar-refractivity contribution < 1.29 is 18.4 Å². The average molecular weight is 382 g/mol. The zero-order valence-corrected chi connectivity index (χ0v) is 15.2. The van der Waals surface area contributed by atoms with Gasteiger partial charge in [-0.3, -0.25) is 9.36 Å². The maximum atomic E-state index is 12.4. The molecule has 3 N–H and O–H groups in total. The Kier molecular flexibility index (Phi) is 7.16. The third-order valence-corrected chi connectivity index (χ3v) is 4.80. The summed E-state index contributed by atoms with van der Waals surface area (Å²) in [7, 11) is -3.34. The van der Waals surface area contributed by atoms with E-state index in [9.17, 15) is 9.36 Å². The number of rotatable bonds is 9. The van der Waals surface area contributed by atoms with E-state index < -0.39 is 7.60 Å². The number of amides is 1. The Balaban J connectivity index is 2.09. The van der Waals surface area contributed by atoms with Crippen LogP contribution in [0.15, 0.2) is 12.4 Å². The first-order chi connectivity index (χ1) is 12.5. The van der Waals surface area contributed by atoms with E-state index in [2.05, 4.69) is 35.7 Å². The summed E-state index contributed by atoms with van der Waals surface area (Å²) in [5.74, 6) is -0.00248. The fraction of sp³-hybridized carbons (Fsp3) is 0.462. The minimum absolute atomic E-state index is 0.0769. The molecule has 0 aliphatic carbocycles. The molecule has 2 heterocycles. The third kappa shape index (κ3) is 5.56. The quantitative estimate of drug-likeness (QED) is 0.575. The van der Waals surface area contributed by atoms with Gasteiger partial charge in [0.1, 0.15) is 6.16 Å². The molecule has 0 aliphatic heterocycles. The first-order valence-corrected chi connectivity index (χ1v) is 9.49. The van der Waals surface area contributed by atoms with Crippen molar-refractivity contribution in [2.45, 2.75) is 20.0 Å². The summed E-state index contributed by atoms with van der Waals surface area (Å²) in [6.45, 7) is 3.74. The maximum Gasteiger partial charge on any atom is 0.338 e. The zero-order valence-electron chi connectivity index (χ0n) is 14.3. The summed E-state index contributed by atoms with van der Waals surface area (Å²) in [5, 5.41) is 18.0. The molecule has 0 fully saturated rings. The highest BCUT2D eigenvalue weighted by Crippen LogP contribution is 2.50. The van der Waals surface area contributed by atoms with E-state index in [4.69, 9.17) is 14.8 Å². The molecule has 0 unspecified atom stereocenters. The number of aromatic nitrogens is 6. The van der Waals surface area contributed by atoms with Crippen LogP contribution in [0.3, 0.4) is 0 Å². The summed E-state index contributed by atoms with van der Waals surface area (Å²) in [6, 6.07) is 0. The molecule has 13 heteroatoms. The second-order valence-electron chi connectivity index (χ2n) is 4.79. The molecule has 140 valence electrons. The number of nitrogens with two attached hydrogens (primary N) is 1.